The van der Waals surface area contributed by atoms with E-state index in [4.69, 9.17) is 0 Å². The van der Waals surface area contributed by atoms with E-state index in [1.165, 1.54) is 32.2 Å². The largest absolute Gasteiger partial charge is 0.295 e. The SMILES string of the molecule is C=Cc1cc(-c2cc(C(C)=O)cc(F)c2CC)ccc1N(C)S(=O)(=O)c1cc(F)cc(F)c1. The molecule has 3 aromatic rings. The molecule has 172 valence electrons. The van der Waals surface area contributed by atoms with Gasteiger partial charge in [-0.05, 0) is 72.0 Å². The highest BCUT2D eigenvalue weighted by molar-refractivity contribution is 7.92. The Bertz CT molecular complexity index is 1350. The number of rotatable bonds is 7. The van der Waals surface area contributed by atoms with E-state index in [9.17, 15) is 26.4 Å². The van der Waals surface area contributed by atoms with E-state index in [0.717, 1.165) is 16.4 Å². The van der Waals surface area contributed by atoms with Crippen LogP contribution in [0.1, 0.15) is 35.3 Å². The Morgan fingerprint density at radius 2 is 1.67 bits per heavy atom. The molecule has 3 rings (SSSR count). The van der Waals surface area contributed by atoms with Crippen LogP contribution in [0.15, 0.2) is 60.0 Å². The number of carbonyl (C=O) groups excluding carboxylic acids is 1. The van der Waals surface area contributed by atoms with Gasteiger partial charge in [-0.25, -0.2) is 21.6 Å². The quantitative estimate of drug-likeness (QED) is 0.395. The number of sulfonamides is 1. The molecule has 0 aliphatic carbocycles. The van der Waals surface area contributed by atoms with E-state index >= 15 is 0 Å². The van der Waals surface area contributed by atoms with Crippen molar-refractivity contribution in [2.45, 2.75) is 25.2 Å². The first-order chi connectivity index (χ1) is 15.5. The Labute approximate surface area is 191 Å². The number of hydrogen-bond donors (Lipinski definition) is 0. The van der Waals surface area contributed by atoms with E-state index < -0.39 is 32.4 Å². The monoisotopic (exact) mass is 473 g/mol. The van der Waals surface area contributed by atoms with E-state index in [0.29, 0.717) is 34.7 Å². The summed E-state index contributed by atoms with van der Waals surface area (Å²) in [6, 6.07) is 9.57. The zero-order valence-corrected chi connectivity index (χ0v) is 19.1. The maximum atomic E-state index is 14.6. The van der Waals surface area contributed by atoms with Gasteiger partial charge >= 0.3 is 0 Å². The molecule has 0 aliphatic heterocycles. The lowest BCUT2D eigenvalue weighted by atomic mass is 9.93. The summed E-state index contributed by atoms with van der Waals surface area (Å²) in [6.07, 6.45) is 1.80. The van der Waals surface area contributed by atoms with Crippen LogP contribution in [0, 0.1) is 17.5 Å². The van der Waals surface area contributed by atoms with Gasteiger partial charge in [-0.2, -0.15) is 0 Å². The lowest BCUT2D eigenvalue weighted by Gasteiger charge is -2.22. The van der Waals surface area contributed by atoms with Crippen molar-refractivity contribution in [3.8, 4) is 11.1 Å². The van der Waals surface area contributed by atoms with Crippen LogP contribution in [0.2, 0.25) is 0 Å². The lowest BCUT2D eigenvalue weighted by Crippen LogP contribution is -2.27. The minimum atomic E-state index is -4.28. The minimum absolute atomic E-state index is 0.208. The first-order valence-corrected chi connectivity index (χ1v) is 11.5. The van der Waals surface area contributed by atoms with Gasteiger partial charge in [0.15, 0.2) is 5.78 Å². The van der Waals surface area contributed by atoms with E-state index in [2.05, 4.69) is 6.58 Å². The second-order valence-corrected chi connectivity index (χ2v) is 9.42. The molecule has 0 fully saturated rings. The highest BCUT2D eigenvalue weighted by Crippen LogP contribution is 2.34. The average molecular weight is 474 g/mol. The first kappa shape index (κ1) is 24.3. The lowest BCUT2D eigenvalue weighted by molar-refractivity contribution is 0.101. The van der Waals surface area contributed by atoms with E-state index in [-0.39, 0.29) is 17.0 Å². The van der Waals surface area contributed by atoms with Gasteiger partial charge in [0.05, 0.1) is 10.6 Å². The number of nitrogens with zero attached hydrogens (tertiary/aromatic N) is 1. The van der Waals surface area contributed by atoms with Gasteiger partial charge in [-0.1, -0.05) is 25.6 Å². The predicted octanol–water partition coefficient (Wildman–Crippen LogP) is 6.00. The Hall–Kier alpha value is -3.39. The molecule has 8 heteroatoms. The third kappa shape index (κ3) is 4.71. The van der Waals surface area contributed by atoms with Gasteiger partial charge in [0.25, 0.3) is 10.0 Å². The highest BCUT2D eigenvalue weighted by atomic mass is 32.2. The van der Waals surface area contributed by atoms with Crippen molar-refractivity contribution in [2.24, 2.45) is 0 Å². The molecule has 4 nitrogen and oxygen atoms in total. The summed E-state index contributed by atoms with van der Waals surface area (Å²) < 4.78 is 68.7. The molecule has 0 N–H and O–H groups in total. The number of hydrogen-bond acceptors (Lipinski definition) is 3. The predicted molar refractivity (Wildman–Crippen MR) is 123 cm³/mol. The van der Waals surface area contributed by atoms with Crippen molar-refractivity contribution >= 4 is 27.6 Å². The zero-order chi connectivity index (χ0) is 24.5. The minimum Gasteiger partial charge on any atom is -0.295 e. The molecule has 0 unspecified atom stereocenters. The van der Waals surface area contributed by atoms with E-state index in [1.54, 1.807) is 25.1 Å². The maximum absolute atomic E-state index is 14.6. The number of carbonyl (C=O) groups is 1. The van der Waals surface area contributed by atoms with Crippen LogP contribution in [-0.2, 0) is 16.4 Å². The molecule has 33 heavy (non-hydrogen) atoms. The molecule has 0 saturated heterocycles. The Morgan fingerprint density at radius 3 is 2.21 bits per heavy atom. The van der Waals surface area contributed by atoms with Crippen molar-refractivity contribution in [3.05, 3.63) is 89.3 Å². The van der Waals surface area contributed by atoms with Crippen molar-refractivity contribution < 1.29 is 26.4 Å². The molecule has 0 spiro atoms. The van der Waals surface area contributed by atoms with Crippen LogP contribution >= 0.6 is 0 Å². The third-order valence-corrected chi connectivity index (χ3v) is 7.10. The van der Waals surface area contributed by atoms with Crippen LogP contribution in [0.25, 0.3) is 17.2 Å². The summed E-state index contributed by atoms with van der Waals surface area (Å²) in [6.45, 7) is 6.86. The molecule has 0 aliphatic rings. The number of benzene rings is 3. The van der Waals surface area contributed by atoms with Crippen molar-refractivity contribution in [2.75, 3.05) is 11.4 Å². The summed E-state index contributed by atoms with van der Waals surface area (Å²) >= 11 is 0. The average Bonchev–Trinajstić information content (AvgIpc) is 2.76. The fourth-order valence-electron chi connectivity index (χ4n) is 3.59. The highest BCUT2D eigenvalue weighted by Gasteiger charge is 2.25. The molecule has 0 saturated carbocycles. The second-order valence-electron chi connectivity index (χ2n) is 7.45. The Morgan fingerprint density at radius 1 is 1.03 bits per heavy atom. The summed E-state index contributed by atoms with van der Waals surface area (Å²) in [5.41, 5.74) is 2.31. The van der Waals surface area contributed by atoms with Crippen LogP contribution in [0.4, 0.5) is 18.9 Å². The van der Waals surface area contributed by atoms with Crippen LogP contribution in [-0.4, -0.2) is 21.2 Å². The van der Waals surface area contributed by atoms with Gasteiger partial charge in [-0.3, -0.25) is 9.10 Å². The summed E-state index contributed by atoms with van der Waals surface area (Å²) in [5, 5.41) is 0. The number of anilines is 1. The molecule has 0 heterocycles. The molecule has 0 amide bonds. The zero-order valence-electron chi connectivity index (χ0n) is 18.3. The molecule has 0 atom stereocenters. The first-order valence-electron chi connectivity index (χ1n) is 10.0. The Balaban J connectivity index is 2.14. The Kier molecular flexibility index (Phi) is 6.78. The third-order valence-electron chi connectivity index (χ3n) is 5.35. The molecular weight excluding hydrogens is 451 g/mol. The topological polar surface area (TPSA) is 54.5 Å². The fourth-order valence-corrected chi connectivity index (χ4v) is 4.86. The smallest absolute Gasteiger partial charge is 0.264 e. The van der Waals surface area contributed by atoms with Crippen molar-refractivity contribution in [1.29, 1.82) is 0 Å². The molecule has 0 aromatic heterocycles. The molecule has 0 radical (unpaired) electrons. The van der Waals surface area contributed by atoms with Crippen LogP contribution in [0.3, 0.4) is 0 Å². The van der Waals surface area contributed by atoms with Crippen LogP contribution in [0.5, 0.6) is 0 Å². The van der Waals surface area contributed by atoms with Gasteiger partial charge < -0.3 is 0 Å². The normalized spacial score (nSPS) is 11.3. The van der Waals surface area contributed by atoms with Gasteiger partial charge in [-0.15, -0.1) is 0 Å². The van der Waals surface area contributed by atoms with Crippen molar-refractivity contribution in [3.63, 3.8) is 0 Å². The fraction of sp³-hybridized carbons (Fsp3) is 0.160. The standard InChI is InChI=1S/C25H22F3NO3S/c1-5-16-9-17(23-10-18(15(3)30)11-24(28)22(23)6-2)7-8-25(16)29(4)33(31,32)21-13-19(26)12-20(27)14-21/h5,7-14H,1,6H2,2-4H3. The summed E-state index contributed by atoms with van der Waals surface area (Å²) in [5.74, 6) is -2.81. The molecule has 3 aromatic carbocycles. The van der Waals surface area contributed by atoms with Crippen molar-refractivity contribution in [1.82, 2.24) is 0 Å². The van der Waals surface area contributed by atoms with Gasteiger partial charge in [0.2, 0.25) is 0 Å². The summed E-state index contributed by atoms with van der Waals surface area (Å²) in [4.78, 5) is 11.3. The van der Waals surface area contributed by atoms with E-state index in [1.807, 2.05) is 0 Å². The second kappa shape index (κ2) is 9.23. The number of ketones is 1. The summed E-state index contributed by atoms with van der Waals surface area (Å²) in [7, 11) is -3.03. The maximum Gasteiger partial charge on any atom is 0.264 e. The molecule has 0 bridgehead atoms. The van der Waals surface area contributed by atoms with Gasteiger partial charge in [0.1, 0.15) is 17.5 Å². The number of Topliss-reactive ketones (excluding diaryl/α,β-unsaturated/α-hetero) is 1. The molecular formula is C25H22F3NO3S. The number of halogens is 3. The van der Waals surface area contributed by atoms with Crippen LogP contribution < -0.4 is 4.31 Å². The van der Waals surface area contributed by atoms with Gasteiger partial charge in [0, 0.05) is 18.7 Å².